The molecular weight excluding hydrogens is 314 g/mol. The standard InChI is InChI=1S/C16H23N3O5/c1-23-13-7-12(8-14(9-13)24-2)19-6-4-11(10-19)18-16(22)17-5-3-15(20)21/h7-9,11H,3-6,10H2,1-2H3,(H,20,21)(H2,17,18,22). The summed E-state index contributed by atoms with van der Waals surface area (Å²) in [5, 5.41) is 14.0. The molecule has 0 radical (unpaired) electrons. The lowest BCUT2D eigenvalue weighted by Crippen LogP contribution is -2.43. The first-order valence-electron chi connectivity index (χ1n) is 7.76. The number of hydrogen-bond donors (Lipinski definition) is 3. The summed E-state index contributed by atoms with van der Waals surface area (Å²) >= 11 is 0. The van der Waals surface area contributed by atoms with Gasteiger partial charge >= 0.3 is 12.0 Å². The van der Waals surface area contributed by atoms with E-state index < -0.39 is 5.97 Å². The molecule has 1 aliphatic heterocycles. The number of nitrogens with one attached hydrogen (secondary N) is 2. The van der Waals surface area contributed by atoms with Crippen LogP contribution in [0.4, 0.5) is 10.5 Å². The first-order valence-corrected chi connectivity index (χ1v) is 7.76. The Balaban J connectivity index is 1.88. The average molecular weight is 337 g/mol. The molecule has 1 heterocycles. The molecule has 0 bridgehead atoms. The Bertz CT molecular complexity index is 571. The van der Waals surface area contributed by atoms with Crippen LogP contribution in [0.1, 0.15) is 12.8 Å². The van der Waals surface area contributed by atoms with Gasteiger partial charge in [0.1, 0.15) is 11.5 Å². The Morgan fingerprint density at radius 2 is 1.92 bits per heavy atom. The first kappa shape index (κ1) is 17.7. The number of benzene rings is 1. The third-order valence-corrected chi connectivity index (χ3v) is 3.85. The molecule has 1 aromatic rings. The van der Waals surface area contributed by atoms with Crippen molar-refractivity contribution in [2.75, 3.05) is 38.8 Å². The zero-order valence-electron chi connectivity index (χ0n) is 13.9. The van der Waals surface area contributed by atoms with Gasteiger partial charge in [-0.05, 0) is 6.42 Å². The van der Waals surface area contributed by atoms with Crippen LogP contribution in [0.3, 0.4) is 0 Å². The molecule has 1 unspecified atom stereocenters. The van der Waals surface area contributed by atoms with Gasteiger partial charge in [0.15, 0.2) is 0 Å². The quantitative estimate of drug-likeness (QED) is 0.688. The Morgan fingerprint density at radius 1 is 1.25 bits per heavy atom. The topological polar surface area (TPSA) is 100 Å². The van der Waals surface area contributed by atoms with Crippen LogP contribution in [0, 0.1) is 0 Å². The van der Waals surface area contributed by atoms with Crippen LogP contribution >= 0.6 is 0 Å². The molecule has 132 valence electrons. The normalized spacial score (nSPS) is 16.6. The molecule has 1 aliphatic rings. The highest BCUT2D eigenvalue weighted by Gasteiger charge is 2.24. The maximum absolute atomic E-state index is 11.8. The summed E-state index contributed by atoms with van der Waals surface area (Å²) in [4.78, 5) is 24.3. The van der Waals surface area contributed by atoms with Crippen LogP contribution in [-0.4, -0.2) is 57.0 Å². The van der Waals surface area contributed by atoms with Gasteiger partial charge in [-0.25, -0.2) is 4.79 Å². The minimum Gasteiger partial charge on any atom is -0.497 e. The molecule has 1 atom stereocenters. The number of carbonyl (C=O) groups excluding carboxylic acids is 1. The Morgan fingerprint density at radius 3 is 2.50 bits per heavy atom. The van der Waals surface area contributed by atoms with E-state index in [0.29, 0.717) is 18.0 Å². The van der Waals surface area contributed by atoms with E-state index in [1.165, 1.54) is 0 Å². The fraction of sp³-hybridized carbons (Fsp3) is 0.500. The van der Waals surface area contributed by atoms with Gasteiger partial charge in [-0.2, -0.15) is 0 Å². The van der Waals surface area contributed by atoms with Crippen molar-refractivity contribution in [2.24, 2.45) is 0 Å². The fourth-order valence-electron chi connectivity index (χ4n) is 2.61. The van der Waals surface area contributed by atoms with E-state index in [0.717, 1.165) is 18.7 Å². The molecule has 8 nitrogen and oxygen atoms in total. The monoisotopic (exact) mass is 337 g/mol. The van der Waals surface area contributed by atoms with Gasteiger partial charge in [-0.1, -0.05) is 0 Å². The summed E-state index contributed by atoms with van der Waals surface area (Å²) in [5.74, 6) is 0.494. The number of nitrogens with zero attached hydrogens (tertiary/aromatic N) is 1. The number of carbonyl (C=O) groups is 2. The van der Waals surface area contributed by atoms with Crippen LogP contribution in [0.5, 0.6) is 11.5 Å². The lowest BCUT2D eigenvalue weighted by atomic mass is 10.2. The third-order valence-electron chi connectivity index (χ3n) is 3.85. The molecule has 0 aromatic heterocycles. The first-order chi connectivity index (χ1) is 11.5. The van der Waals surface area contributed by atoms with Crippen molar-refractivity contribution in [3.8, 4) is 11.5 Å². The molecule has 0 aliphatic carbocycles. The minimum atomic E-state index is -0.936. The average Bonchev–Trinajstić information content (AvgIpc) is 3.02. The summed E-state index contributed by atoms with van der Waals surface area (Å²) in [6, 6.07) is 5.33. The number of urea groups is 1. The molecule has 1 saturated heterocycles. The SMILES string of the molecule is COc1cc(OC)cc(N2CCC(NC(=O)NCCC(=O)O)C2)c1. The second kappa shape index (κ2) is 8.28. The second-order valence-electron chi connectivity index (χ2n) is 5.55. The highest BCUT2D eigenvalue weighted by Crippen LogP contribution is 2.30. The Hall–Kier alpha value is -2.64. The zero-order chi connectivity index (χ0) is 17.5. The van der Waals surface area contributed by atoms with Gasteiger partial charge in [0.05, 0.1) is 20.6 Å². The molecule has 0 spiro atoms. The highest BCUT2D eigenvalue weighted by molar-refractivity contribution is 5.75. The van der Waals surface area contributed by atoms with E-state index in [1.54, 1.807) is 14.2 Å². The zero-order valence-corrected chi connectivity index (χ0v) is 13.9. The van der Waals surface area contributed by atoms with Gasteiger partial charge in [-0.3, -0.25) is 4.79 Å². The number of carboxylic acid groups (broad SMARTS) is 1. The van der Waals surface area contributed by atoms with Gasteiger partial charge < -0.3 is 30.1 Å². The molecule has 1 aromatic carbocycles. The lowest BCUT2D eigenvalue weighted by Gasteiger charge is -2.20. The molecule has 0 saturated carbocycles. The maximum Gasteiger partial charge on any atom is 0.315 e. The smallest absolute Gasteiger partial charge is 0.315 e. The van der Waals surface area contributed by atoms with Crippen LogP contribution in [0.25, 0.3) is 0 Å². The van der Waals surface area contributed by atoms with Crippen molar-refractivity contribution in [1.29, 1.82) is 0 Å². The summed E-state index contributed by atoms with van der Waals surface area (Å²) in [6.45, 7) is 1.59. The number of hydrogen-bond acceptors (Lipinski definition) is 5. The molecule has 3 N–H and O–H groups in total. The van der Waals surface area contributed by atoms with Crippen molar-refractivity contribution >= 4 is 17.7 Å². The van der Waals surface area contributed by atoms with E-state index in [9.17, 15) is 9.59 Å². The molecule has 1 fully saturated rings. The van der Waals surface area contributed by atoms with E-state index in [2.05, 4.69) is 15.5 Å². The van der Waals surface area contributed by atoms with E-state index in [-0.39, 0.29) is 25.0 Å². The second-order valence-corrected chi connectivity index (χ2v) is 5.55. The lowest BCUT2D eigenvalue weighted by molar-refractivity contribution is -0.136. The van der Waals surface area contributed by atoms with Crippen LogP contribution < -0.4 is 25.0 Å². The molecule has 2 rings (SSSR count). The molecule has 24 heavy (non-hydrogen) atoms. The van der Waals surface area contributed by atoms with E-state index >= 15 is 0 Å². The van der Waals surface area contributed by atoms with E-state index in [1.807, 2.05) is 18.2 Å². The number of methoxy groups -OCH3 is 2. The summed E-state index contributed by atoms with van der Waals surface area (Å²) in [6.07, 6.45) is 0.722. The van der Waals surface area contributed by atoms with Gasteiger partial charge in [0.2, 0.25) is 0 Å². The highest BCUT2D eigenvalue weighted by atomic mass is 16.5. The number of ether oxygens (including phenoxy) is 2. The van der Waals surface area contributed by atoms with Crippen molar-refractivity contribution in [3.05, 3.63) is 18.2 Å². The summed E-state index contributed by atoms with van der Waals surface area (Å²) in [5.41, 5.74) is 0.974. The number of aliphatic carboxylic acids is 1. The van der Waals surface area contributed by atoms with Crippen LogP contribution in [0.15, 0.2) is 18.2 Å². The molecule has 2 amide bonds. The van der Waals surface area contributed by atoms with E-state index in [4.69, 9.17) is 14.6 Å². The van der Waals surface area contributed by atoms with Gasteiger partial charge in [0, 0.05) is 49.6 Å². The number of rotatable bonds is 7. The largest absolute Gasteiger partial charge is 0.497 e. The van der Waals surface area contributed by atoms with Crippen molar-refractivity contribution in [2.45, 2.75) is 18.9 Å². The van der Waals surface area contributed by atoms with Gasteiger partial charge in [-0.15, -0.1) is 0 Å². The van der Waals surface area contributed by atoms with Crippen molar-refractivity contribution in [1.82, 2.24) is 10.6 Å². The van der Waals surface area contributed by atoms with Crippen molar-refractivity contribution < 1.29 is 24.2 Å². The summed E-state index contributed by atoms with van der Waals surface area (Å²) < 4.78 is 10.6. The van der Waals surface area contributed by atoms with Crippen LogP contribution in [0.2, 0.25) is 0 Å². The number of carboxylic acids is 1. The van der Waals surface area contributed by atoms with Gasteiger partial charge in [0.25, 0.3) is 0 Å². The Kier molecular flexibility index (Phi) is 6.11. The molecule has 8 heteroatoms. The fourth-order valence-corrected chi connectivity index (χ4v) is 2.61. The number of anilines is 1. The molecular formula is C16H23N3O5. The summed E-state index contributed by atoms with van der Waals surface area (Å²) in [7, 11) is 3.21. The van der Waals surface area contributed by atoms with Crippen LogP contribution in [-0.2, 0) is 4.79 Å². The Labute approximate surface area is 140 Å². The minimum absolute atomic E-state index is 0.00650. The predicted octanol–water partition coefficient (Wildman–Crippen LogP) is 1.06. The predicted molar refractivity (Wildman–Crippen MR) is 89.0 cm³/mol. The third kappa shape index (κ3) is 4.94. The maximum atomic E-state index is 11.8. The van der Waals surface area contributed by atoms with Crippen molar-refractivity contribution in [3.63, 3.8) is 0 Å². The number of amides is 2.